The lowest BCUT2D eigenvalue weighted by Crippen LogP contribution is -2.44. The van der Waals surface area contributed by atoms with Crippen molar-refractivity contribution in [3.05, 3.63) is 24.3 Å². The zero-order chi connectivity index (χ0) is 9.19. The van der Waals surface area contributed by atoms with Crippen LogP contribution in [-0.2, 0) is 4.79 Å². The number of carbonyl (C=O) groups excluding carboxylic acids is 1. The van der Waals surface area contributed by atoms with Crippen LogP contribution in [0.3, 0.4) is 0 Å². The van der Waals surface area contributed by atoms with Gasteiger partial charge in [0.1, 0.15) is 0 Å². The summed E-state index contributed by atoms with van der Waals surface area (Å²) in [6, 6.07) is 0. The van der Waals surface area contributed by atoms with Crippen LogP contribution in [0.15, 0.2) is 24.3 Å². The monoisotopic (exact) mass is 167 g/mol. The Kier molecular flexibility index (Phi) is 2.33. The van der Waals surface area contributed by atoms with Gasteiger partial charge in [-0.05, 0) is 6.08 Å². The summed E-state index contributed by atoms with van der Waals surface area (Å²) in [5.74, 6) is -0.275. The van der Waals surface area contributed by atoms with E-state index in [2.05, 4.69) is 0 Å². The molecule has 1 atom stereocenters. The van der Waals surface area contributed by atoms with Crippen LogP contribution in [-0.4, -0.2) is 35.6 Å². The van der Waals surface area contributed by atoms with Gasteiger partial charge in [-0.2, -0.15) is 0 Å². The van der Waals surface area contributed by atoms with E-state index in [1.807, 2.05) is 6.08 Å². The van der Waals surface area contributed by atoms with Gasteiger partial charge in [0.25, 0.3) is 5.91 Å². The predicted molar refractivity (Wildman–Crippen MR) is 46.5 cm³/mol. The standard InChI is InChI=1S/C9H13NO2/c1-10(2)8(11)9(12)6-4-3-5-7-9/h3-6,12H,7H2,1-2H3. The molecule has 0 fully saturated rings. The first-order valence-electron chi connectivity index (χ1n) is 3.85. The van der Waals surface area contributed by atoms with Crippen LogP contribution >= 0.6 is 0 Å². The largest absolute Gasteiger partial charge is 0.376 e. The van der Waals surface area contributed by atoms with Gasteiger partial charge in [0.15, 0.2) is 5.60 Å². The van der Waals surface area contributed by atoms with Gasteiger partial charge in [-0.15, -0.1) is 0 Å². The lowest BCUT2D eigenvalue weighted by Gasteiger charge is -2.26. The molecule has 1 unspecified atom stereocenters. The van der Waals surface area contributed by atoms with E-state index in [0.29, 0.717) is 6.42 Å². The van der Waals surface area contributed by atoms with Crippen LogP contribution in [0.1, 0.15) is 6.42 Å². The summed E-state index contributed by atoms with van der Waals surface area (Å²) in [4.78, 5) is 12.8. The molecule has 1 N–H and O–H groups in total. The SMILES string of the molecule is CN(C)C(=O)C1(O)C=CC=CC1. The average molecular weight is 167 g/mol. The van der Waals surface area contributed by atoms with Crippen LogP contribution in [0.4, 0.5) is 0 Å². The number of likely N-dealkylation sites (N-methyl/N-ethyl adjacent to an activating group) is 1. The second kappa shape index (κ2) is 3.11. The summed E-state index contributed by atoms with van der Waals surface area (Å²) in [7, 11) is 3.26. The van der Waals surface area contributed by atoms with Crippen LogP contribution in [0.2, 0.25) is 0 Å². The molecular formula is C9H13NO2. The van der Waals surface area contributed by atoms with Gasteiger partial charge in [0, 0.05) is 20.5 Å². The van der Waals surface area contributed by atoms with E-state index in [1.165, 1.54) is 11.0 Å². The smallest absolute Gasteiger partial charge is 0.258 e. The van der Waals surface area contributed by atoms with Crippen LogP contribution in [0, 0.1) is 0 Å². The fraction of sp³-hybridized carbons (Fsp3) is 0.444. The quantitative estimate of drug-likeness (QED) is 0.611. The highest BCUT2D eigenvalue weighted by Crippen LogP contribution is 2.19. The van der Waals surface area contributed by atoms with Gasteiger partial charge in [-0.1, -0.05) is 18.2 Å². The van der Waals surface area contributed by atoms with Crippen molar-refractivity contribution in [1.29, 1.82) is 0 Å². The van der Waals surface area contributed by atoms with Crippen LogP contribution in [0.5, 0.6) is 0 Å². The normalized spacial score (nSPS) is 27.2. The van der Waals surface area contributed by atoms with E-state index in [4.69, 9.17) is 0 Å². The predicted octanol–water partition coefficient (Wildman–Crippen LogP) is 0.322. The van der Waals surface area contributed by atoms with Crippen molar-refractivity contribution in [2.24, 2.45) is 0 Å². The highest BCUT2D eigenvalue weighted by molar-refractivity contribution is 5.87. The van der Waals surface area contributed by atoms with Gasteiger partial charge >= 0.3 is 0 Å². The third-order valence-electron chi connectivity index (χ3n) is 1.82. The van der Waals surface area contributed by atoms with Crippen molar-refractivity contribution in [2.75, 3.05) is 14.1 Å². The first kappa shape index (κ1) is 9.00. The maximum Gasteiger partial charge on any atom is 0.258 e. The number of amides is 1. The van der Waals surface area contributed by atoms with Crippen molar-refractivity contribution >= 4 is 5.91 Å². The van der Waals surface area contributed by atoms with Crippen LogP contribution in [0.25, 0.3) is 0 Å². The molecule has 0 bridgehead atoms. The molecule has 12 heavy (non-hydrogen) atoms. The summed E-state index contributed by atoms with van der Waals surface area (Å²) in [6.45, 7) is 0. The third-order valence-corrected chi connectivity index (χ3v) is 1.82. The average Bonchev–Trinajstić information content (AvgIpc) is 2.04. The zero-order valence-electron chi connectivity index (χ0n) is 7.32. The Balaban J connectivity index is 2.79. The molecule has 3 heteroatoms. The Bertz CT molecular complexity index is 243. The minimum Gasteiger partial charge on any atom is -0.376 e. The Labute approximate surface area is 72.0 Å². The maximum absolute atomic E-state index is 11.4. The molecule has 1 amide bonds. The second-order valence-electron chi connectivity index (χ2n) is 3.12. The number of rotatable bonds is 1. The van der Waals surface area contributed by atoms with E-state index < -0.39 is 5.60 Å². The van der Waals surface area contributed by atoms with Crippen molar-refractivity contribution in [3.8, 4) is 0 Å². The van der Waals surface area contributed by atoms with Crippen molar-refractivity contribution < 1.29 is 9.90 Å². The molecule has 0 aliphatic heterocycles. The van der Waals surface area contributed by atoms with E-state index in [1.54, 1.807) is 26.2 Å². The van der Waals surface area contributed by atoms with Crippen molar-refractivity contribution in [1.82, 2.24) is 4.90 Å². The fourth-order valence-electron chi connectivity index (χ4n) is 1.15. The van der Waals surface area contributed by atoms with Gasteiger partial charge in [0.2, 0.25) is 0 Å². The summed E-state index contributed by atoms with van der Waals surface area (Å²) in [6.07, 6.45) is 7.17. The Hall–Kier alpha value is -1.09. The molecule has 1 aliphatic carbocycles. The number of hydrogen-bond donors (Lipinski definition) is 1. The number of allylic oxidation sites excluding steroid dienone is 2. The number of aliphatic hydroxyl groups is 1. The molecule has 0 saturated heterocycles. The maximum atomic E-state index is 11.4. The Morgan fingerprint density at radius 3 is 2.58 bits per heavy atom. The second-order valence-corrected chi connectivity index (χ2v) is 3.12. The molecule has 66 valence electrons. The fourth-order valence-corrected chi connectivity index (χ4v) is 1.15. The molecule has 0 spiro atoms. The molecule has 0 aromatic rings. The summed E-state index contributed by atoms with van der Waals surface area (Å²) >= 11 is 0. The molecule has 1 aliphatic rings. The minimum atomic E-state index is -1.32. The summed E-state index contributed by atoms with van der Waals surface area (Å²) < 4.78 is 0. The zero-order valence-corrected chi connectivity index (χ0v) is 7.32. The summed E-state index contributed by atoms with van der Waals surface area (Å²) in [5, 5.41) is 9.78. The number of hydrogen-bond acceptors (Lipinski definition) is 2. The van der Waals surface area contributed by atoms with E-state index in [-0.39, 0.29) is 5.91 Å². The molecule has 0 saturated carbocycles. The molecule has 3 nitrogen and oxygen atoms in total. The van der Waals surface area contributed by atoms with Crippen molar-refractivity contribution in [3.63, 3.8) is 0 Å². The first-order valence-corrected chi connectivity index (χ1v) is 3.85. The van der Waals surface area contributed by atoms with Crippen molar-refractivity contribution in [2.45, 2.75) is 12.0 Å². The lowest BCUT2D eigenvalue weighted by molar-refractivity contribution is -0.143. The molecule has 0 aromatic carbocycles. The molecule has 0 heterocycles. The van der Waals surface area contributed by atoms with Gasteiger partial charge < -0.3 is 10.0 Å². The highest BCUT2D eigenvalue weighted by atomic mass is 16.3. The Morgan fingerprint density at radius 1 is 1.50 bits per heavy atom. The molecule has 0 radical (unpaired) electrons. The third kappa shape index (κ3) is 1.56. The summed E-state index contributed by atoms with van der Waals surface area (Å²) in [5.41, 5.74) is -1.32. The minimum absolute atomic E-state index is 0.275. The molecule has 0 aromatic heterocycles. The Morgan fingerprint density at radius 2 is 2.17 bits per heavy atom. The first-order chi connectivity index (χ1) is 5.56. The lowest BCUT2D eigenvalue weighted by atomic mass is 9.94. The molecule has 1 rings (SSSR count). The van der Waals surface area contributed by atoms with Gasteiger partial charge in [-0.3, -0.25) is 4.79 Å². The number of carbonyl (C=O) groups is 1. The van der Waals surface area contributed by atoms with E-state index in [0.717, 1.165) is 0 Å². The van der Waals surface area contributed by atoms with Gasteiger partial charge in [0.05, 0.1) is 0 Å². The van der Waals surface area contributed by atoms with Gasteiger partial charge in [-0.25, -0.2) is 0 Å². The van der Waals surface area contributed by atoms with Crippen LogP contribution < -0.4 is 0 Å². The highest BCUT2D eigenvalue weighted by Gasteiger charge is 2.33. The van der Waals surface area contributed by atoms with E-state index in [9.17, 15) is 9.90 Å². The number of nitrogens with zero attached hydrogens (tertiary/aromatic N) is 1. The van der Waals surface area contributed by atoms with E-state index >= 15 is 0 Å². The topological polar surface area (TPSA) is 40.5 Å². The molecular weight excluding hydrogens is 154 g/mol.